The van der Waals surface area contributed by atoms with Crippen LogP contribution in [0.3, 0.4) is 0 Å². The van der Waals surface area contributed by atoms with Gasteiger partial charge in [-0.25, -0.2) is 0 Å². The molecule has 98 valence electrons. The van der Waals surface area contributed by atoms with E-state index in [0.717, 1.165) is 37.0 Å². The van der Waals surface area contributed by atoms with Crippen molar-refractivity contribution in [2.24, 2.45) is 11.8 Å². The Morgan fingerprint density at radius 1 is 1.28 bits per heavy atom. The molecule has 2 rings (SSSR count). The Labute approximate surface area is 110 Å². The van der Waals surface area contributed by atoms with Crippen molar-refractivity contribution in [1.82, 2.24) is 4.90 Å². The van der Waals surface area contributed by atoms with E-state index in [0.29, 0.717) is 5.46 Å². The summed E-state index contributed by atoms with van der Waals surface area (Å²) in [5.74, 6) is 1.55. The average Bonchev–Trinajstić information content (AvgIpc) is 2.34. The fraction of sp³-hybridized carbons (Fsp3) is 0.571. The topological polar surface area (TPSA) is 43.7 Å². The van der Waals surface area contributed by atoms with Gasteiger partial charge < -0.3 is 10.0 Å². The fourth-order valence-electron chi connectivity index (χ4n) is 2.60. The second-order valence-corrected chi connectivity index (χ2v) is 5.60. The van der Waals surface area contributed by atoms with Crippen LogP contribution in [0.25, 0.3) is 0 Å². The third-order valence-corrected chi connectivity index (χ3v) is 4.07. The molecule has 1 saturated heterocycles. The van der Waals surface area contributed by atoms with E-state index < -0.39 is 7.12 Å². The molecule has 0 saturated carbocycles. The van der Waals surface area contributed by atoms with Crippen molar-refractivity contribution >= 4 is 12.6 Å². The Hall–Kier alpha value is -0.835. The minimum absolute atomic E-state index is 0.575. The van der Waals surface area contributed by atoms with E-state index in [4.69, 9.17) is 0 Å². The molecule has 0 aromatic heterocycles. The van der Waals surface area contributed by atoms with Crippen LogP contribution in [0.4, 0.5) is 0 Å². The zero-order valence-corrected chi connectivity index (χ0v) is 11.2. The summed E-state index contributed by atoms with van der Waals surface area (Å²) in [6.07, 6.45) is 1.25. The SMILES string of the molecule is CC1CCN(Cc2cccc(B(O)O)c2)CC1C. The first kappa shape index (κ1) is 13.6. The van der Waals surface area contributed by atoms with Crippen molar-refractivity contribution in [3.8, 4) is 0 Å². The van der Waals surface area contributed by atoms with Crippen molar-refractivity contribution < 1.29 is 10.0 Å². The predicted octanol–water partition coefficient (Wildman–Crippen LogP) is 0.844. The van der Waals surface area contributed by atoms with Crippen LogP contribution in [-0.2, 0) is 6.54 Å². The van der Waals surface area contributed by atoms with Gasteiger partial charge in [0.05, 0.1) is 0 Å². The number of piperidine rings is 1. The minimum Gasteiger partial charge on any atom is -0.423 e. The second-order valence-electron chi connectivity index (χ2n) is 5.60. The third-order valence-electron chi connectivity index (χ3n) is 4.07. The molecule has 18 heavy (non-hydrogen) atoms. The first-order chi connectivity index (χ1) is 8.56. The maximum atomic E-state index is 9.17. The molecule has 1 aromatic carbocycles. The number of likely N-dealkylation sites (tertiary alicyclic amines) is 1. The van der Waals surface area contributed by atoms with E-state index in [9.17, 15) is 10.0 Å². The Morgan fingerprint density at radius 2 is 2.06 bits per heavy atom. The zero-order chi connectivity index (χ0) is 13.1. The summed E-state index contributed by atoms with van der Waals surface area (Å²) in [5.41, 5.74) is 1.73. The molecule has 4 heteroatoms. The minimum atomic E-state index is -1.37. The monoisotopic (exact) mass is 247 g/mol. The molecule has 2 atom stereocenters. The highest BCUT2D eigenvalue weighted by Crippen LogP contribution is 2.23. The number of nitrogens with zero attached hydrogens (tertiary/aromatic N) is 1. The summed E-state index contributed by atoms with van der Waals surface area (Å²) in [6, 6.07) is 7.57. The molecule has 0 bridgehead atoms. The normalized spacial score (nSPS) is 25.1. The van der Waals surface area contributed by atoms with Crippen molar-refractivity contribution in [3.05, 3.63) is 29.8 Å². The maximum Gasteiger partial charge on any atom is 0.488 e. The van der Waals surface area contributed by atoms with Gasteiger partial charge in [-0.1, -0.05) is 38.1 Å². The van der Waals surface area contributed by atoms with Crippen LogP contribution < -0.4 is 5.46 Å². The van der Waals surface area contributed by atoms with Crippen molar-refractivity contribution in [1.29, 1.82) is 0 Å². The van der Waals surface area contributed by atoms with E-state index >= 15 is 0 Å². The number of hydrogen-bond acceptors (Lipinski definition) is 3. The lowest BCUT2D eigenvalue weighted by Crippen LogP contribution is -2.38. The summed E-state index contributed by atoms with van der Waals surface area (Å²) in [6.45, 7) is 7.80. The predicted molar refractivity (Wildman–Crippen MR) is 74.5 cm³/mol. The molecule has 1 fully saturated rings. The van der Waals surface area contributed by atoms with Crippen LogP contribution >= 0.6 is 0 Å². The molecule has 1 aromatic rings. The van der Waals surface area contributed by atoms with Gasteiger partial charge in [0.15, 0.2) is 0 Å². The van der Waals surface area contributed by atoms with Crippen LogP contribution in [-0.4, -0.2) is 35.2 Å². The highest BCUT2D eigenvalue weighted by atomic mass is 16.4. The third kappa shape index (κ3) is 3.34. The molecule has 0 spiro atoms. The molecule has 0 radical (unpaired) electrons. The van der Waals surface area contributed by atoms with Crippen molar-refractivity contribution in [2.45, 2.75) is 26.8 Å². The molecular weight excluding hydrogens is 225 g/mol. The number of rotatable bonds is 3. The van der Waals surface area contributed by atoms with Gasteiger partial charge in [-0.15, -0.1) is 0 Å². The Bertz CT molecular complexity index is 397. The highest BCUT2D eigenvalue weighted by Gasteiger charge is 2.22. The first-order valence-electron chi connectivity index (χ1n) is 6.73. The largest absolute Gasteiger partial charge is 0.488 e. The Morgan fingerprint density at radius 3 is 2.72 bits per heavy atom. The summed E-state index contributed by atoms with van der Waals surface area (Å²) >= 11 is 0. The Balaban J connectivity index is 1.99. The lowest BCUT2D eigenvalue weighted by molar-refractivity contribution is 0.132. The van der Waals surface area contributed by atoms with Crippen molar-refractivity contribution in [2.75, 3.05) is 13.1 Å². The van der Waals surface area contributed by atoms with Gasteiger partial charge in [0.2, 0.25) is 0 Å². The summed E-state index contributed by atoms with van der Waals surface area (Å²) in [4.78, 5) is 2.45. The molecule has 2 unspecified atom stereocenters. The van der Waals surface area contributed by atoms with Gasteiger partial charge in [0.1, 0.15) is 0 Å². The molecule has 2 N–H and O–H groups in total. The van der Waals surface area contributed by atoms with Crippen LogP contribution in [0, 0.1) is 11.8 Å². The molecule has 1 heterocycles. The van der Waals surface area contributed by atoms with Gasteiger partial charge in [-0.2, -0.15) is 0 Å². The summed E-state index contributed by atoms with van der Waals surface area (Å²) in [7, 11) is -1.37. The molecule has 1 aliphatic rings. The second kappa shape index (κ2) is 5.87. The number of benzene rings is 1. The average molecular weight is 247 g/mol. The van der Waals surface area contributed by atoms with Gasteiger partial charge in [0, 0.05) is 13.1 Å². The van der Waals surface area contributed by atoms with Crippen LogP contribution in [0.15, 0.2) is 24.3 Å². The van der Waals surface area contributed by atoms with E-state index in [1.54, 1.807) is 6.07 Å². The molecule has 1 aliphatic heterocycles. The molecule has 0 amide bonds. The lowest BCUT2D eigenvalue weighted by atomic mass is 9.79. The zero-order valence-electron chi connectivity index (χ0n) is 11.2. The van der Waals surface area contributed by atoms with Crippen LogP contribution in [0.2, 0.25) is 0 Å². The van der Waals surface area contributed by atoms with Crippen LogP contribution in [0.1, 0.15) is 25.8 Å². The van der Waals surface area contributed by atoms with E-state index in [1.807, 2.05) is 12.1 Å². The smallest absolute Gasteiger partial charge is 0.423 e. The standard InChI is InChI=1S/C14H22BNO2/c1-11-6-7-16(9-12(11)2)10-13-4-3-5-14(8-13)15(17)18/h3-5,8,11-12,17-18H,6-7,9-10H2,1-2H3. The van der Waals surface area contributed by atoms with Gasteiger partial charge in [-0.3, -0.25) is 4.90 Å². The van der Waals surface area contributed by atoms with Gasteiger partial charge >= 0.3 is 7.12 Å². The quantitative estimate of drug-likeness (QED) is 0.778. The molecule has 3 nitrogen and oxygen atoms in total. The number of hydrogen-bond donors (Lipinski definition) is 2. The van der Waals surface area contributed by atoms with Gasteiger partial charge in [-0.05, 0) is 35.8 Å². The lowest BCUT2D eigenvalue weighted by Gasteiger charge is -2.35. The summed E-state index contributed by atoms with van der Waals surface area (Å²) < 4.78 is 0. The maximum absolute atomic E-state index is 9.17. The molecular formula is C14H22BNO2. The highest BCUT2D eigenvalue weighted by molar-refractivity contribution is 6.58. The van der Waals surface area contributed by atoms with Crippen LogP contribution in [0.5, 0.6) is 0 Å². The van der Waals surface area contributed by atoms with E-state index in [1.165, 1.54) is 6.42 Å². The Kier molecular flexibility index (Phi) is 4.43. The first-order valence-corrected chi connectivity index (χ1v) is 6.73. The van der Waals surface area contributed by atoms with E-state index in [2.05, 4.69) is 24.8 Å². The van der Waals surface area contributed by atoms with E-state index in [-0.39, 0.29) is 0 Å². The molecule has 0 aliphatic carbocycles. The van der Waals surface area contributed by atoms with Crippen molar-refractivity contribution in [3.63, 3.8) is 0 Å². The van der Waals surface area contributed by atoms with Gasteiger partial charge in [0.25, 0.3) is 0 Å². The summed E-state index contributed by atoms with van der Waals surface area (Å²) in [5, 5.41) is 18.3. The fourth-order valence-corrected chi connectivity index (χ4v) is 2.60.